The van der Waals surface area contributed by atoms with E-state index >= 15 is 0 Å². The van der Waals surface area contributed by atoms with Crippen LogP contribution in [0.2, 0.25) is 0 Å². The average molecular weight is 205 g/mol. The minimum atomic E-state index is 0.445. The first-order valence-corrected chi connectivity index (χ1v) is 5.06. The zero-order chi connectivity index (χ0) is 11.3. The van der Waals surface area contributed by atoms with E-state index in [0.29, 0.717) is 17.4 Å². The summed E-state index contributed by atoms with van der Waals surface area (Å²) in [4.78, 5) is 23.5. The summed E-state index contributed by atoms with van der Waals surface area (Å²) in [6.45, 7) is 5.87. The molecule has 0 heterocycles. The zero-order valence-electron chi connectivity index (χ0n) is 9.06. The number of anilines is 1. The maximum absolute atomic E-state index is 10.8. The third-order valence-corrected chi connectivity index (χ3v) is 2.45. The fourth-order valence-electron chi connectivity index (χ4n) is 1.56. The van der Waals surface area contributed by atoms with Crippen molar-refractivity contribution in [1.29, 1.82) is 0 Å². The van der Waals surface area contributed by atoms with Gasteiger partial charge in [0.1, 0.15) is 0 Å². The highest BCUT2D eigenvalue weighted by atomic mass is 16.1. The van der Waals surface area contributed by atoms with Crippen LogP contribution in [0.25, 0.3) is 0 Å². The van der Waals surface area contributed by atoms with Crippen molar-refractivity contribution in [3.8, 4) is 0 Å². The van der Waals surface area contributed by atoms with Gasteiger partial charge in [-0.2, -0.15) is 0 Å². The number of aldehydes is 2. The van der Waals surface area contributed by atoms with Crippen LogP contribution < -0.4 is 4.90 Å². The maximum atomic E-state index is 10.8. The Morgan fingerprint density at radius 3 is 2.13 bits per heavy atom. The molecule has 0 unspecified atom stereocenters. The normalized spacial score (nSPS) is 9.73. The molecular weight excluding hydrogens is 190 g/mol. The van der Waals surface area contributed by atoms with Crippen molar-refractivity contribution in [2.75, 3.05) is 18.0 Å². The van der Waals surface area contributed by atoms with Gasteiger partial charge in [0.25, 0.3) is 0 Å². The third-order valence-electron chi connectivity index (χ3n) is 2.45. The van der Waals surface area contributed by atoms with E-state index in [-0.39, 0.29) is 0 Å². The highest BCUT2D eigenvalue weighted by Gasteiger charge is 2.06. The second-order valence-corrected chi connectivity index (χ2v) is 3.22. The van der Waals surface area contributed by atoms with Crippen molar-refractivity contribution < 1.29 is 9.59 Å². The topological polar surface area (TPSA) is 37.4 Å². The smallest absolute Gasteiger partial charge is 0.150 e. The quantitative estimate of drug-likeness (QED) is 0.691. The number of hydrogen-bond acceptors (Lipinski definition) is 3. The van der Waals surface area contributed by atoms with Crippen molar-refractivity contribution in [2.24, 2.45) is 0 Å². The first-order chi connectivity index (χ1) is 7.26. The van der Waals surface area contributed by atoms with E-state index in [1.807, 2.05) is 6.07 Å². The van der Waals surface area contributed by atoms with Gasteiger partial charge in [0.05, 0.1) is 0 Å². The first kappa shape index (κ1) is 11.4. The Morgan fingerprint density at radius 2 is 1.67 bits per heavy atom. The zero-order valence-corrected chi connectivity index (χ0v) is 9.06. The number of carbonyl (C=O) groups excluding carboxylic acids is 2. The lowest BCUT2D eigenvalue weighted by Crippen LogP contribution is -2.21. The molecule has 0 N–H and O–H groups in total. The molecular formula is C12H15NO2. The summed E-state index contributed by atoms with van der Waals surface area (Å²) in [5.74, 6) is 0. The van der Waals surface area contributed by atoms with Crippen LogP contribution in [0.3, 0.4) is 0 Å². The van der Waals surface area contributed by atoms with E-state index in [9.17, 15) is 9.59 Å². The van der Waals surface area contributed by atoms with Crippen molar-refractivity contribution in [3.63, 3.8) is 0 Å². The van der Waals surface area contributed by atoms with Gasteiger partial charge in [0, 0.05) is 29.9 Å². The number of rotatable bonds is 5. The molecule has 0 aliphatic rings. The van der Waals surface area contributed by atoms with E-state index in [4.69, 9.17) is 0 Å². The van der Waals surface area contributed by atoms with Gasteiger partial charge in [-0.15, -0.1) is 0 Å². The van der Waals surface area contributed by atoms with Gasteiger partial charge in [-0.3, -0.25) is 9.59 Å². The van der Waals surface area contributed by atoms with Gasteiger partial charge in [0.2, 0.25) is 0 Å². The Bertz CT molecular complexity index is 357. The summed E-state index contributed by atoms with van der Waals surface area (Å²) in [5.41, 5.74) is 1.88. The molecule has 0 saturated heterocycles. The molecule has 0 aromatic heterocycles. The lowest BCUT2D eigenvalue weighted by molar-refractivity contribution is 0.109. The predicted octanol–water partition coefficient (Wildman–Crippen LogP) is 2.16. The Hall–Kier alpha value is -1.64. The molecule has 0 atom stereocenters. The van der Waals surface area contributed by atoms with Gasteiger partial charge in [-0.05, 0) is 32.0 Å². The second kappa shape index (κ2) is 5.29. The van der Waals surface area contributed by atoms with E-state index in [2.05, 4.69) is 18.7 Å². The van der Waals surface area contributed by atoms with Crippen LogP contribution in [0.5, 0.6) is 0 Å². The van der Waals surface area contributed by atoms with E-state index in [1.54, 1.807) is 12.1 Å². The Labute approximate surface area is 89.7 Å². The van der Waals surface area contributed by atoms with Crippen LogP contribution in [-0.2, 0) is 0 Å². The van der Waals surface area contributed by atoms with Gasteiger partial charge in [0.15, 0.2) is 12.6 Å². The molecule has 1 aromatic rings. The second-order valence-electron chi connectivity index (χ2n) is 3.22. The minimum absolute atomic E-state index is 0.445. The molecule has 0 aliphatic carbocycles. The SMILES string of the molecule is CCN(CC)c1ccc(C=O)c(C=O)c1. The summed E-state index contributed by atoms with van der Waals surface area (Å²) in [7, 11) is 0. The highest BCUT2D eigenvalue weighted by Crippen LogP contribution is 2.17. The summed E-state index contributed by atoms with van der Waals surface area (Å²) >= 11 is 0. The summed E-state index contributed by atoms with van der Waals surface area (Å²) in [5, 5.41) is 0. The van der Waals surface area contributed by atoms with Crippen LogP contribution in [-0.4, -0.2) is 25.7 Å². The predicted molar refractivity (Wildman–Crippen MR) is 60.8 cm³/mol. The highest BCUT2D eigenvalue weighted by molar-refractivity contribution is 5.91. The Kier molecular flexibility index (Phi) is 4.03. The molecule has 0 spiro atoms. The molecule has 3 heteroatoms. The van der Waals surface area contributed by atoms with Crippen LogP contribution in [0.1, 0.15) is 34.6 Å². The maximum Gasteiger partial charge on any atom is 0.150 e. The van der Waals surface area contributed by atoms with Gasteiger partial charge < -0.3 is 4.90 Å². The molecule has 0 saturated carbocycles. The van der Waals surface area contributed by atoms with Gasteiger partial charge in [-0.25, -0.2) is 0 Å². The molecule has 0 bridgehead atoms. The standard InChI is InChI=1S/C12H15NO2/c1-3-13(4-2)12-6-5-10(8-14)11(7-12)9-15/h5-9H,3-4H2,1-2H3. The largest absolute Gasteiger partial charge is 0.372 e. The number of carbonyl (C=O) groups is 2. The molecule has 15 heavy (non-hydrogen) atoms. The molecule has 0 radical (unpaired) electrons. The Morgan fingerprint density at radius 1 is 1.07 bits per heavy atom. The van der Waals surface area contributed by atoms with Crippen LogP contribution in [0.15, 0.2) is 18.2 Å². The van der Waals surface area contributed by atoms with E-state index in [0.717, 1.165) is 25.1 Å². The van der Waals surface area contributed by atoms with Crippen molar-refractivity contribution >= 4 is 18.3 Å². The summed E-state index contributed by atoms with van der Waals surface area (Å²) in [6.07, 6.45) is 1.42. The molecule has 0 aliphatic heterocycles. The van der Waals surface area contributed by atoms with Crippen molar-refractivity contribution in [3.05, 3.63) is 29.3 Å². The molecule has 1 aromatic carbocycles. The fourth-order valence-corrected chi connectivity index (χ4v) is 1.56. The third kappa shape index (κ3) is 2.43. The first-order valence-electron chi connectivity index (χ1n) is 5.06. The molecule has 3 nitrogen and oxygen atoms in total. The van der Waals surface area contributed by atoms with Gasteiger partial charge >= 0.3 is 0 Å². The monoisotopic (exact) mass is 205 g/mol. The van der Waals surface area contributed by atoms with Crippen molar-refractivity contribution in [1.82, 2.24) is 0 Å². The van der Waals surface area contributed by atoms with E-state index < -0.39 is 0 Å². The molecule has 80 valence electrons. The van der Waals surface area contributed by atoms with Gasteiger partial charge in [-0.1, -0.05) is 0 Å². The minimum Gasteiger partial charge on any atom is -0.372 e. The molecule has 0 fully saturated rings. The molecule has 0 amide bonds. The van der Waals surface area contributed by atoms with E-state index in [1.165, 1.54) is 0 Å². The number of nitrogens with zero attached hydrogens (tertiary/aromatic N) is 1. The van der Waals surface area contributed by atoms with Crippen LogP contribution >= 0.6 is 0 Å². The summed E-state index contributed by atoms with van der Waals surface area (Å²) < 4.78 is 0. The number of benzene rings is 1. The van der Waals surface area contributed by atoms with Crippen molar-refractivity contribution in [2.45, 2.75) is 13.8 Å². The lowest BCUT2D eigenvalue weighted by Gasteiger charge is -2.21. The van der Waals surface area contributed by atoms with Crippen LogP contribution in [0, 0.1) is 0 Å². The summed E-state index contributed by atoms with van der Waals surface area (Å²) in [6, 6.07) is 5.30. The average Bonchev–Trinajstić information content (AvgIpc) is 2.30. The molecule has 1 rings (SSSR count). The lowest BCUT2D eigenvalue weighted by atomic mass is 10.1. The Balaban J connectivity index is 3.12. The fraction of sp³-hybridized carbons (Fsp3) is 0.333. The van der Waals surface area contributed by atoms with Crippen LogP contribution in [0.4, 0.5) is 5.69 Å². The number of hydrogen-bond donors (Lipinski definition) is 0.